The van der Waals surface area contributed by atoms with Crippen molar-refractivity contribution in [2.45, 2.75) is 12.5 Å². The van der Waals surface area contributed by atoms with Crippen LogP contribution in [0.5, 0.6) is 0 Å². The number of benzene rings is 2. The summed E-state index contributed by atoms with van der Waals surface area (Å²) in [6, 6.07) is 19.2. The van der Waals surface area contributed by atoms with Crippen LogP contribution >= 0.6 is 0 Å². The topological polar surface area (TPSA) is 69.6 Å². The second-order valence-corrected chi connectivity index (χ2v) is 5.17. The standard InChI is InChI=1S/C19H21NO3/c21-14-18(19(22)23)20-13-7-12-17(15-8-3-1-4-9-15)16-10-5-2-6-11-16/h1-6,8-12,18,20-21H,7,13-14H2,(H,22,23)/t18-/m1/s1. The van der Waals surface area contributed by atoms with Crippen LogP contribution in [0.1, 0.15) is 17.5 Å². The van der Waals surface area contributed by atoms with Gasteiger partial charge in [0.2, 0.25) is 0 Å². The van der Waals surface area contributed by atoms with Gasteiger partial charge in [-0.3, -0.25) is 4.79 Å². The van der Waals surface area contributed by atoms with E-state index in [0.29, 0.717) is 13.0 Å². The SMILES string of the molecule is O=C(O)[C@@H](CO)NCCC=C(c1ccccc1)c1ccccc1. The summed E-state index contributed by atoms with van der Waals surface area (Å²) in [5, 5.41) is 20.7. The molecule has 0 aromatic heterocycles. The quantitative estimate of drug-likeness (QED) is 0.655. The fourth-order valence-electron chi connectivity index (χ4n) is 2.34. The van der Waals surface area contributed by atoms with Gasteiger partial charge in [0, 0.05) is 0 Å². The average Bonchev–Trinajstić information content (AvgIpc) is 2.59. The number of rotatable bonds is 8. The molecule has 0 unspecified atom stereocenters. The number of carboxylic acids is 1. The number of carbonyl (C=O) groups is 1. The number of carboxylic acid groups (broad SMARTS) is 1. The van der Waals surface area contributed by atoms with Crippen molar-refractivity contribution < 1.29 is 15.0 Å². The third-order valence-corrected chi connectivity index (χ3v) is 3.53. The molecule has 0 fully saturated rings. The minimum absolute atomic E-state index is 0.413. The van der Waals surface area contributed by atoms with Crippen LogP contribution in [0.25, 0.3) is 5.57 Å². The van der Waals surface area contributed by atoms with Gasteiger partial charge in [-0.05, 0) is 29.7 Å². The van der Waals surface area contributed by atoms with Gasteiger partial charge >= 0.3 is 5.97 Å². The first-order chi connectivity index (χ1) is 11.2. The number of aliphatic hydroxyl groups excluding tert-OH is 1. The molecule has 0 heterocycles. The molecule has 0 saturated carbocycles. The largest absolute Gasteiger partial charge is 0.480 e. The molecule has 0 spiro atoms. The lowest BCUT2D eigenvalue weighted by Gasteiger charge is -2.12. The lowest BCUT2D eigenvalue weighted by Crippen LogP contribution is -2.40. The summed E-state index contributed by atoms with van der Waals surface area (Å²) in [7, 11) is 0. The van der Waals surface area contributed by atoms with E-state index in [9.17, 15) is 4.79 Å². The van der Waals surface area contributed by atoms with E-state index in [1.54, 1.807) is 0 Å². The van der Waals surface area contributed by atoms with E-state index in [1.165, 1.54) is 0 Å². The summed E-state index contributed by atoms with van der Waals surface area (Å²) in [6.07, 6.45) is 2.76. The maximum atomic E-state index is 10.9. The van der Waals surface area contributed by atoms with E-state index in [0.717, 1.165) is 16.7 Å². The smallest absolute Gasteiger partial charge is 0.323 e. The Kier molecular flexibility index (Phi) is 6.54. The first-order valence-electron chi connectivity index (χ1n) is 7.60. The highest BCUT2D eigenvalue weighted by molar-refractivity contribution is 5.79. The second kappa shape index (κ2) is 8.88. The second-order valence-electron chi connectivity index (χ2n) is 5.17. The van der Waals surface area contributed by atoms with Gasteiger partial charge in [-0.15, -0.1) is 0 Å². The van der Waals surface area contributed by atoms with Crippen molar-refractivity contribution in [1.82, 2.24) is 5.32 Å². The summed E-state index contributed by atoms with van der Waals surface area (Å²) in [4.78, 5) is 10.9. The average molecular weight is 311 g/mol. The number of aliphatic hydroxyl groups is 1. The Labute approximate surface area is 136 Å². The summed E-state index contributed by atoms with van der Waals surface area (Å²) in [6.45, 7) is 0.0734. The van der Waals surface area contributed by atoms with Crippen LogP contribution in [0.2, 0.25) is 0 Å². The Morgan fingerprint density at radius 1 is 1.00 bits per heavy atom. The van der Waals surface area contributed by atoms with Crippen LogP contribution in [0.15, 0.2) is 66.7 Å². The van der Waals surface area contributed by atoms with Crippen molar-refractivity contribution in [3.8, 4) is 0 Å². The fourth-order valence-corrected chi connectivity index (χ4v) is 2.34. The summed E-state index contributed by atoms with van der Waals surface area (Å²) >= 11 is 0. The summed E-state index contributed by atoms with van der Waals surface area (Å²) in [5.74, 6) is -1.04. The third kappa shape index (κ3) is 5.06. The molecule has 2 rings (SSSR count). The van der Waals surface area contributed by atoms with Crippen LogP contribution in [0.3, 0.4) is 0 Å². The third-order valence-electron chi connectivity index (χ3n) is 3.53. The minimum atomic E-state index is -1.04. The zero-order chi connectivity index (χ0) is 16.5. The van der Waals surface area contributed by atoms with Gasteiger partial charge in [0.05, 0.1) is 6.61 Å². The van der Waals surface area contributed by atoms with Gasteiger partial charge in [0.15, 0.2) is 0 Å². The van der Waals surface area contributed by atoms with E-state index in [4.69, 9.17) is 10.2 Å². The molecule has 0 saturated heterocycles. The molecule has 0 aliphatic rings. The molecule has 2 aromatic rings. The fraction of sp³-hybridized carbons (Fsp3) is 0.211. The van der Waals surface area contributed by atoms with Crippen molar-refractivity contribution in [3.05, 3.63) is 77.9 Å². The Balaban J connectivity index is 2.11. The number of nitrogens with one attached hydrogen (secondary N) is 1. The molecule has 2 aromatic carbocycles. The summed E-state index contributed by atoms with van der Waals surface area (Å²) in [5.41, 5.74) is 3.36. The van der Waals surface area contributed by atoms with Crippen molar-refractivity contribution in [2.24, 2.45) is 0 Å². The van der Waals surface area contributed by atoms with Gasteiger partial charge in [0.1, 0.15) is 6.04 Å². The molecule has 0 bridgehead atoms. The van der Waals surface area contributed by atoms with E-state index in [2.05, 4.69) is 35.7 Å². The Morgan fingerprint density at radius 2 is 1.52 bits per heavy atom. The first kappa shape index (κ1) is 16.9. The molecular formula is C19H21NO3. The summed E-state index contributed by atoms with van der Waals surface area (Å²) < 4.78 is 0. The maximum absolute atomic E-state index is 10.9. The molecule has 0 radical (unpaired) electrons. The predicted molar refractivity (Wildman–Crippen MR) is 91.1 cm³/mol. The lowest BCUT2D eigenvalue weighted by atomic mass is 9.97. The zero-order valence-corrected chi connectivity index (χ0v) is 12.9. The van der Waals surface area contributed by atoms with Crippen LogP contribution in [0, 0.1) is 0 Å². The van der Waals surface area contributed by atoms with Gasteiger partial charge in [-0.2, -0.15) is 0 Å². The minimum Gasteiger partial charge on any atom is -0.480 e. The zero-order valence-electron chi connectivity index (χ0n) is 12.9. The van der Waals surface area contributed by atoms with Gasteiger partial charge < -0.3 is 15.5 Å². The highest BCUT2D eigenvalue weighted by Gasteiger charge is 2.14. The normalized spacial score (nSPS) is 11.7. The number of hydrogen-bond acceptors (Lipinski definition) is 3. The monoisotopic (exact) mass is 311 g/mol. The van der Waals surface area contributed by atoms with E-state index < -0.39 is 18.6 Å². The molecule has 0 aliphatic heterocycles. The van der Waals surface area contributed by atoms with Crippen molar-refractivity contribution >= 4 is 11.5 Å². The molecule has 3 N–H and O–H groups in total. The molecule has 1 atom stereocenters. The van der Waals surface area contributed by atoms with Crippen molar-refractivity contribution in [2.75, 3.05) is 13.2 Å². The van der Waals surface area contributed by atoms with Gasteiger partial charge in [-0.1, -0.05) is 66.7 Å². The van der Waals surface area contributed by atoms with Gasteiger partial charge in [0.25, 0.3) is 0 Å². The molecule has 0 aliphatic carbocycles. The van der Waals surface area contributed by atoms with E-state index >= 15 is 0 Å². The van der Waals surface area contributed by atoms with E-state index in [1.807, 2.05) is 36.4 Å². The van der Waals surface area contributed by atoms with Crippen LogP contribution < -0.4 is 5.32 Å². The Bertz CT molecular complexity index is 597. The van der Waals surface area contributed by atoms with Gasteiger partial charge in [-0.25, -0.2) is 0 Å². The Morgan fingerprint density at radius 3 is 1.96 bits per heavy atom. The first-order valence-corrected chi connectivity index (χ1v) is 7.60. The highest BCUT2D eigenvalue weighted by atomic mass is 16.4. The number of aliphatic carboxylic acids is 1. The lowest BCUT2D eigenvalue weighted by molar-refractivity contribution is -0.140. The molecule has 4 nitrogen and oxygen atoms in total. The predicted octanol–water partition coefficient (Wildman–Crippen LogP) is 2.54. The number of hydrogen-bond donors (Lipinski definition) is 3. The molecular weight excluding hydrogens is 290 g/mol. The molecule has 4 heteroatoms. The van der Waals surface area contributed by atoms with Crippen LogP contribution in [0.4, 0.5) is 0 Å². The molecule has 120 valence electrons. The maximum Gasteiger partial charge on any atom is 0.323 e. The van der Waals surface area contributed by atoms with Crippen molar-refractivity contribution in [3.63, 3.8) is 0 Å². The van der Waals surface area contributed by atoms with Crippen LogP contribution in [-0.2, 0) is 4.79 Å². The van der Waals surface area contributed by atoms with E-state index in [-0.39, 0.29) is 0 Å². The van der Waals surface area contributed by atoms with Crippen molar-refractivity contribution in [1.29, 1.82) is 0 Å². The molecule has 0 amide bonds. The van der Waals surface area contributed by atoms with Crippen LogP contribution in [-0.4, -0.2) is 35.4 Å². The highest BCUT2D eigenvalue weighted by Crippen LogP contribution is 2.23. The molecule has 23 heavy (non-hydrogen) atoms. The Hall–Kier alpha value is -2.43.